The van der Waals surface area contributed by atoms with Crippen molar-refractivity contribution in [2.24, 2.45) is 5.10 Å². The Bertz CT molecular complexity index is 588. The van der Waals surface area contributed by atoms with Crippen LogP contribution in [0.3, 0.4) is 0 Å². The zero-order chi connectivity index (χ0) is 13.7. The fourth-order valence-electron chi connectivity index (χ4n) is 1.64. The van der Waals surface area contributed by atoms with E-state index < -0.39 is 0 Å². The molecule has 2 rings (SSSR count). The van der Waals surface area contributed by atoms with Crippen molar-refractivity contribution >= 4 is 12.1 Å². The topological polar surface area (TPSA) is 72.2 Å². The minimum Gasteiger partial charge on any atom is -0.271 e. The van der Waals surface area contributed by atoms with Gasteiger partial charge < -0.3 is 0 Å². The lowest BCUT2D eigenvalue weighted by Gasteiger charge is -2.02. The van der Waals surface area contributed by atoms with E-state index in [-0.39, 0.29) is 12.5 Å². The van der Waals surface area contributed by atoms with Gasteiger partial charge in [-0.3, -0.25) is 14.5 Å². The molecule has 0 atom stereocenters. The fraction of sp³-hybridized carbons (Fsp3) is 0.231. The largest absolute Gasteiger partial charge is 0.271 e. The summed E-state index contributed by atoms with van der Waals surface area (Å²) in [4.78, 5) is 15.6. The third kappa shape index (κ3) is 3.74. The molecular weight excluding hydrogens is 242 g/mol. The summed E-state index contributed by atoms with van der Waals surface area (Å²) in [7, 11) is 0. The number of aryl methyl sites for hydroxylation is 2. The number of hydrogen-bond acceptors (Lipinski definition) is 4. The maximum atomic E-state index is 11.7. The van der Waals surface area contributed by atoms with Gasteiger partial charge in [-0.25, -0.2) is 5.43 Å². The van der Waals surface area contributed by atoms with Crippen LogP contribution in [0.1, 0.15) is 17.0 Å². The molecule has 6 heteroatoms. The number of aromatic nitrogens is 3. The summed E-state index contributed by atoms with van der Waals surface area (Å²) in [5, 5.41) is 8.08. The smallest absolute Gasteiger partial charge is 0.261 e. The molecule has 2 aromatic heterocycles. The van der Waals surface area contributed by atoms with Gasteiger partial charge in [0.05, 0.1) is 11.9 Å². The van der Waals surface area contributed by atoms with E-state index in [0.717, 1.165) is 17.0 Å². The molecule has 6 nitrogen and oxygen atoms in total. The summed E-state index contributed by atoms with van der Waals surface area (Å²) in [6.07, 6.45) is 4.89. The van der Waals surface area contributed by atoms with Crippen LogP contribution in [-0.4, -0.2) is 26.9 Å². The molecule has 0 fully saturated rings. The first kappa shape index (κ1) is 12.9. The first-order chi connectivity index (χ1) is 9.15. The van der Waals surface area contributed by atoms with Gasteiger partial charge in [0.1, 0.15) is 6.54 Å². The summed E-state index contributed by atoms with van der Waals surface area (Å²) in [5.74, 6) is -0.216. The van der Waals surface area contributed by atoms with Gasteiger partial charge >= 0.3 is 0 Å². The van der Waals surface area contributed by atoms with Gasteiger partial charge in [-0.1, -0.05) is 6.07 Å². The molecule has 19 heavy (non-hydrogen) atoms. The molecule has 0 saturated carbocycles. The van der Waals surface area contributed by atoms with Crippen molar-refractivity contribution in [1.29, 1.82) is 0 Å². The molecule has 0 aliphatic rings. The molecule has 0 aliphatic heterocycles. The van der Waals surface area contributed by atoms with Crippen molar-refractivity contribution in [3.8, 4) is 0 Å². The van der Waals surface area contributed by atoms with Crippen molar-refractivity contribution in [1.82, 2.24) is 20.2 Å². The van der Waals surface area contributed by atoms with Crippen LogP contribution in [0.4, 0.5) is 0 Å². The number of pyridine rings is 1. The van der Waals surface area contributed by atoms with Gasteiger partial charge in [-0.05, 0) is 26.0 Å². The molecule has 0 radical (unpaired) electrons. The summed E-state index contributed by atoms with van der Waals surface area (Å²) >= 11 is 0. The highest BCUT2D eigenvalue weighted by Crippen LogP contribution is 2.00. The molecule has 2 heterocycles. The van der Waals surface area contributed by atoms with Gasteiger partial charge in [0.25, 0.3) is 5.91 Å². The third-order valence-electron chi connectivity index (χ3n) is 2.48. The van der Waals surface area contributed by atoms with Gasteiger partial charge in [-0.2, -0.15) is 10.2 Å². The molecule has 1 amide bonds. The van der Waals surface area contributed by atoms with Crippen LogP contribution in [0.5, 0.6) is 0 Å². The Balaban J connectivity index is 1.88. The lowest BCUT2D eigenvalue weighted by molar-refractivity contribution is -0.121. The molecule has 0 saturated heterocycles. The number of amides is 1. The molecule has 0 aliphatic carbocycles. The van der Waals surface area contributed by atoms with Crippen LogP contribution in [0.2, 0.25) is 0 Å². The fourth-order valence-corrected chi connectivity index (χ4v) is 1.64. The standard InChI is InChI=1S/C13H15N5O/c1-10-6-11(2)18(17-10)9-13(19)16-15-8-12-4-3-5-14-7-12/h3-8H,9H2,1-2H3,(H,16,19). The van der Waals surface area contributed by atoms with Gasteiger partial charge in [-0.15, -0.1) is 0 Å². The molecular formula is C13H15N5O. The van der Waals surface area contributed by atoms with Crippen LogP contribution in [0.25, 0.3) is 0 Å². The Morgan fingerprint density at radius 1 is 1.53 bits per heavy atom. The van der Waals surface area contributed by atoms with Gasteiger partial charge in [0.15, 0.2) is 0 Å². The van der Waals surface area contributed by atoms with Crippen molar-refractivity contribution < 1.29 is 4.79 Å². The summed E-state index contributed by atoms with van der Waals surface area (Å²) < 4.78 is 1.64. The normalized spacial score (nSPS) is 10.8. The van der Waals surface area contributed by atoms with Crippen LogP contribution in [-0.2, 0) is 11.3 Å². The van der Waals surface area contributed by atoms with E-state index in [4.69, 9.17) is 0 Å². The first-order valence-corrected chi connectivity index (χ1v) is 5.88. The second-order valence-electron chi connectivity index (χ2n) is 4.16. The first-order valence-electron chi connectivity index (χ1n) is 5.88. The number of hydrogen-bond donors (Lipinski definition) is 1. The second kappa shape index (κ2) is 5.90. The lowest BCUT2D eigenvalue weighted by Crippen LogP contribution is -2.24. The number of carbonyl (C=O) groups is 1. The Morgan fingerprint density at radius 3 is 3.00 bits per heavy atom. The van der Waals surface area contributed by atoms with E-state index in [2.05, 4.69) is 20.6 Å². The Morgan fingerprint density at radius 2 is 2.37 bits per heavy atom. The average Bonchev–Trinajstić information content (AvgIpc) is 2.69. The predicted molar refractivity (Wildman–Crippen MR) is 71.7 cm³/mol. The minimum atomic E-state index is -0.216. The van der Waals surface area contributed by atoms with E-state index >= 15 is 0 Å². The maximum Gasteiger partial charge on any atom is 0.261 e. The highest BCUT2D eigenvalue weighted by molar-refractivity contribution is 5.81. The lowest BCUT2D eigenvalue weighted by atomic mass is 10.3. The Labute approximate surface area is 111 Å². The summed E-state index contributed by atoms with van der Waals surface area (Å²) in [6, 6.07) is 5.58. The van der Waals surface area contributed by atoms with E-state index in [9.17, 15) is 4.79 Å². The predicted octanol–water partition coefficient (Wildman–Crippen LogP) is 1.05. The zero-order valence-corrected chi connectivity index (χ0v) is 10.9. The number of rotatable bonds is 4. The Kier molecular flexibility index (Phi) is 4.02. The van der Waals surface area contributed by atoms with E-state index in [1.807, 2.05) is 26.0 Å². The van der Waals surface area contributed by atoms with Crippen molar-refractivity contribution in [2.75, 3.05) is 0 Å². The monoisotopic (exact) mass is 257 g/mol. The molecule has 0 bridgehead atoms. The number of nitrogens with zero attached hydrogens (tertiary/aromatic N) is 4. The molecule has 98 valence electrons. The quantitative estimate of drug-likeness (QED) is 0.657. The van der Waals surface area contributed by atoms with E-state index in [0.29, 0.717) is 0 Å². The molecule has 2 aromatic rings. The maximum absolute atomic E-state index is 11.7. The number of hydrazone groups is 1. The Hall–Kier alpha value is -2.50. The zero-order valence-electron chi connectivity index (χ0n) is 10.9. The number of carbonyl (C=O) groups excluding carboxylic acids is 1. The van der Waals surface area contributed by atoms with E-state index in [1.54, 1.807) is 29.4 Å². The van der Waals surface area contributed by atoms with Crippen LogP contribution in [0.15, 0.2) is 35.7 Å². The van der Waals surface area contributed by atoms with Crippen molar-refractivity contribution in [3.05, 3.63) is 47.5 Å². The molecule has 0 unspecified atom stereocenters. The van der Waals surface area contributed by atoms with E-state index in [1.165, 1.54) is 0 Å². The summed E-state index contributed by atoms with van der Waals surface area (Å²) in [6.45, 7) is 3.96. The second-order valence-corrected chi connectivity index (χ2v) is 4.16. The average molecular weight is 257 g/mol. The highest BCUT2D eigenvalue weighted by atomic mass is 16.2. The number of nitrogens with one attached hydrogen (secondary N) is 1. The van der Waals surface area contributed by atoms with Crippen molar-refractivity contribution in [2.45, 2.75) is 20.4 Å². The van der Waals surface area contributed by atoms with Crippen LogP contribution in [0, 0.1) is 13.8 Å². The molecule has 1 N–H and O–H groups in total. The minimum absolute atomic E-state index is 0.157. The van der Waals surface area contributed by atoms with Gasteiger partial charge in [0.2, 0.25) is 0 Å². The highest BCUT2D eigenvalue weighted by Gasteiger charge is 2.05. The molecule has 0 spiro atoms. The van der Waals surface area contributed by atoms with Gasteiger partial charge in [0, 0.05) is 23.7 Å². The third-order valence-corrected chi connectivity index (χ3v) is 2.48. The summed E-state index contributed by atoms with van der Waals surface area (Å²) in [5.41, 5.74) is 5.13. The molecule has 0 aromatic carbocycles. The van der Waals surface area contributed by atoms with Crippen LogP contribution < -0.4 is 5.43 Å². The van der Waals surface area contributed by atoms with Crippen LogP contribution >= 0.6 is 0 Å². The SMILES string of the molecule is Cc1cc(C)n(CC(=O)NN=Cc2cccnc2)n1. The van der Waals surface area contributed by atoms with Crippen molar-refractivity contribution in [3.63, 3.8) is 0 Å².